The molecule has 0 saturated heterocycles. The Morgan fingerprint density at radius 2 is 1.85 bits per heavy atom. The summed E-state index contributed by atoms with van der Waals surface area (Å²) in [5, 5.41) is 3.83. The summed E-state index contributed by atoms with van der Waals surface area (Å²) in [6.45, 7) is 8.25. The number of carbonyl (C=O) groups is 2. The van der Waals surface area contributed by atoms with Crippen LogP contribution in [0.3, 0.4) is 0 Å². The molecule has 0 aliphatic heterocycles. The maximum atomic E-state index is 13.5. The molecule has 1 atom stereocenters. The van der Waals surface area contributed by atoms with Gasteiger partial charge in [0.05, 0.1) is 24.5 Å². The van der Waals surface area contributed by atoms with Gasteiger partial charge in [-0.1, -0.05) is 39.0 Å². The number of esters is 1. The van der Waals surface area contributed by atoms with Crippen molar-refractivity contribution in [3.8, 4) is 17.1 Å². The van der Waals surface area contributed by atoms with Crippen LogP contribution in [0.5, 0.6) is 5.75 Å². The summed E-state index contributed by atoms with van der Waals surface area (Å²) in [5.41, 5.74) is 3.78. The third kappa shape index (κ3) is 6.25. The van der Waals surface area contributed by atoms with E-state index in [1.165, 1.54) is 0 Å². The van der Waals surface area contributed by atoms with E-state index in [-0.39, 0.29) is 18.6 Å². The van der Waals surface area contributed by atoms with Crippen molar-refractivity contribution in [2.75, 3.05) is 13.2 Å². The van der Waals surface area contributed by atoms with E-state index >= 15 is 0 Å². The van der Waals surface area contributed by atoms with Gasteiger partial charge >= 0.3 is 5.97 Å². The van der Waals surface area contributed by atoms with Gasteiger partial charge in [-0.3, -0.25) is 9.59 Å². The second-order valence-electron chi connectivity index (χ2n) is 9.45. The van der Waals surface area contributed by atoms with Crippen LogP contribution in [0.25, 0.3) is 22.3 Å². The average molecular weight is 545 g/mol. The van der Waals surface area contributed by atoms with Crippen molar-refractivity contribution in [2.24, 2.45) is 0 Å². The lowest BCUT2D eigenvalue weighted by molar-refractivity contribution is -0.145. The number of fused-ring (bicyclic) bond motifs is 1. The van der Waals surface area contributed by atoms with Crippen LogP contribution in [0, 0.1) is 0 Å². The van der Waals surface area contributed by atoms with Crippen LogP contribution in [0.4, 0.5) is 0 Å². The molecule has 0 radical (unpaired) electrons. The summed E-state index contributed by atoms with van der Waals surface area (Å²) in [6, 6.07) is 11.8. The number of rotatable bonds is 12. The Kier molecular flexibility index (Phi) is 9.37. The number of nitrogens with one attached hydrogen (secondary N) is 3. The second-order valence-corrected chi connectivity index (χ2v) is 9.45. The number of H-pyrrole nitrogens is 2. The van der Waals surface area contributed by atoms with Gasteiger partial charge < -0.3 is 24.8 Å². The van der Waals surface area contributed by atoms with Crippen molar-refractivity contribution < 1.29 is 19.1 Å². The molecule has 0 fully saturated rings. The molecule has 2 aromatic carbocycles. The van der Waals surface area contributed by atoms with Crippen LogP contribution in [0.1, 0.15) is 61.3 Å². The predicted octanol–water partition coefficient (Wildman–Crippen LogP) is 4.74. The quantitative estimate of drug-likeness (QED) is 0.221. The molecular weight excluding hydrogens is 508 g/mol. The molecule has 1 amide bonds. The van der Waals surface area contributed by atoms with Crippen LogP contribution < -0.4 is 15.6 Å². The van der Waals surface area contributed by atoms with Crippen molar-refractivity contribution in [1.82, 2.24) is 20.3 Å². The van der Waals surface area contributed by atoms with Crippen molar-refractivity contribution in [3.63, 3.8) is 0 Å². The third-order valence-corrected chi connectivity index (χ3v) is 6.72. The van der Waals surface area contributed by atoms with Crippen LogP contribution in [0.2, 0.25) is 0 Å². The zero-order valence-corrected chi connectivity index (χ0v) is 23.4. The molecular formula is C31H36N4O5. The minimum Gasteiger partial charge on any atom is -0.493 e. The summed E-state index contributed by atoms with van der Waals surface area (Å²) in [7, 11) is 0. The highest BCUT2D eigenvalue weighted by atomic mass is 16.5. The van der Waals surface area contributed by atoms with Crippen LogP contribution in [0.15, 0.2) is 53.5 Å². The zero-order valence-electron chi connectivity index (χ0n) is 23.4. The number of hydrogen-bond acceptors (Lipinski definition) is 6. The largest absolute Gasteiger partial charge is 0.493 e. The maximum absolute atomic E-state index is 13.5. The van der Waals surface area contributed by atoms with E-state index < -0.39 is 17.9 Å². The fraction of sp³-hybridized carbons (Fsp3) is 0.355. The number of carbonyl (C=O) groups excluding carboxylic acids is 2. The van der Waals surface area contributed by atoms with E-state index in [9.17, 15) is 14.4 Å². The Morgan fingerprint density at radius 1 is 1.05 bits per heavy atom. The van der Waals surface area contributed by atoms with E-state index in [0.717, 1.165) is 22.9 Å². The van der Waals surface area contributed by atoms with Crippen molar-refractivity contribution in [2.45, 2.75) is 59.4 Å². The molecule has 2 aromatic heterocycles. The predicted molar refractivity (Wildman–Crippen MR) is 155 cm³/mol. The third-order valence-electron chi connectivity index (χ3n) is 6.72. The van der Waals surface area contributed by atoms with E-state index in [1.54, 1.807) is 25.1 Å². The number of aryl methyl sites for hydroxylation is 1. The lowest BCUT2D eigenvalue weighted by Crippen LogP contribution is -2.43. The fourth-order valence-electron chi connectivity index (χ4n) is 4.72. The highest BCUT2D eigenvalue weighted by Gasteiger charge is 2.25. The summed E-state index contributed by atoms with van der Waals surface area (Å²) < 4.78 is 11.2. The molecule has 0 saturated carbocycles. The van der Waals surface area contributed by atoms with Crippen molar-refractivity contribution in [1.29, 1.82) is 0 Å². The van der Waals surface area contributed by atoms with Crippen LogP contribution in [-0.2, 0) is 28.8 Å². The maximum Gasteiger partial charge on any atom is 0.328 e. The number of para-hydroxylation sites is 1. The molecule has 0 spiro atoms. The molecule has 3 N–H and O–H groups in total. The number of amides is 1. The molecule has 210 valence electrons. The SMILES string of the molecule is CCCOc1ccc(C(=O)NC(Cc2c[nH]c3ccccc23)C(=O)OCC)cc1-c1nc(CC)c(CC)c(=O)[nH]1. The van der Waals surface area contributed by atoms with Gasteiger partial charge in [0.2, 0.25) is 0 Å². The number of aromatic nitrogens is 3. The summed E-state index contributed by atoms with van der Waals surface area (Å²) in [5.74, 6) is -0.128. The molecule has 4 aromatic rings. The molecule has 0 aliphatic rings. The highest BCUT2D eigenvalue weighted by molar-refractivity contribution is 5.98. The molecule has 2 heterocycles. The van der Waals surface area contributed by atoms with Gasteiger partial charge in [-0.25, -0.2) is 9.78 Å². The van der Waals surface area contributed by atoms with Crippen molar-refractivity contribution in [3.05, 3.63) is 81.4 Å². The summed E-state index contributed by atoms with van der Waals surface area (Å²) in [6.07, 6.45) is 4.05. The monoisotopic (exact) mass is 544 g/mol. The molecule has 0 bridgehead atoms. The van der Waals surface area contributed by atoms with Crippen molar-refractivity contribution >= 4 is 22.8 Å². The first-order valence-electron chi connectivity index (χ1n) is 13.8. The van der Waals surface area contributed by atoms with E-state index in [0.29, 0.717) is 53.4 Å². The van der Waals surface area contributed by atoms with Gasteiger partial charge in [0, 0.05) is 34.6 Å². The van der Waals surface area contributed by atoms with Gasteiger partial charge in [0.15, 0.2) is 0 Å². The van der Waals surface area contributed by atoms with Gasteiger partial charge in [0.25, 0.3) is 11.5 Å². The number of benzene rings is 2. The first-order chi connectivity index (χ1) is 19.4. The van der Waals surface area contributed by atoms with Gasteiger partial charge in [-0.05, 0) is 56.0 Å². The van der Waals surface area contributed by atoms with Gasteiger partial charge in [-0.15, -0.1) is 0 Å². The Hall–Kier alpha value is -4.40. The Balaban J connectivity index is 1.68. The Labute approximate surface area is 233 Å². The smallest absolute Gasteiger partial charge is 0.328 e. The van der Waals surface area contributed by atoms with Crippen LogP contribution in [-0.4, -0.2) is 46.1 Å². The lowest BCUT2D eigenvalue weighted by atomic mass is 10.0. The van der Waals surface area contributed by atoms with E-state index in [4.69, 9.17) is 14.5 Å². The Morgan fingerprint density at radius 3 is 2.58 bits per heavy atom. The number of ether oxygens (including phenoxy) is 2. The highest BCUT2D eigenvalue weighted by Crippen LogP contribution is 2.29. The van der Waals surface area contributed by atoms with E-state index in [2.05, 4.69) is 15.3 Å². The summed E-state index contributed by atoms with van der Waals surface area (Å²) >= 11 is 0. The number of hydrogen-bond donors (Lipinski definition) is 3. The molecule has 9 heteroatoms. The van der Waals surface area contributed by atoms with Gasteiger partial charge in [-0.2, -0.15) is 0 Å². The first-order valence-corrected chi connectivity index (χ1v) is 13.8. The van der Waals surface area contributed by atoms with E-state index in [1.807, 2.05) is 51.2 Å². The molecule has 9 nitrogen and oxygen atoms in total. The number of nitrogens with zero attached hydrogens (tertiary/aromatic N) is 1. The molecule has 0 aliphatic carbocycles. The van der Waals surface area contributed by atoms with Gasteiger partial charge in [0.1, 0.15) is 17.6 Å². The topological polar surface area (TPSA) is 126 Å². The minimum absolute atomic E-state index is 0.194. The van der Waals surface area contributed by atoms with Crippen LogP contribution >= 0.6 is 0 Å². The normalized spacial score (nSPS) is 11.8. The minimum atomic E-state index is -0.903. The Bertz CT molecular complexity index is 1560. The first kappa shape index (κ1) is 28.6. The second kappa shape index (κ2) is 13.1. The number of aromatic amines is 2. The average Bonchev–Trinajstić information content (AvgIpc) is 3.37. The fourth-order valence-corrected chi connectivity index (χ4v) is 4.72. The summed E-state index contributed by atoms with van der Waals surface area (Å²) in [4.78, 5) is 50.0. The zero-order chi connectivity index (χ0) is 28.6. The standard InChI is InChI=1S/C31H36N4O5/c1-5-15-40-27-14-13-19(16-23(27)28-33-24(7-3)21(6-2)30(37)35-28)29(36)34-26(31(38)39-8-4)17-20-18-32-25-12-10-9-11-22(20)25/h9-14,16,18,26,32H,5-8,15,17H2,1-4H3,(H,34,36)(H,33,35,37). The lowest BCUT2D eigenvalue weighted by Gasteiger charge is -2.18. The molecule has 4 rings (SSSR count). The molecule has 40 heavy (non-hydrogen) atoms. The molecule has 1 unspecified atom stereocenters.